The molecule has 15 heavy (non-hydrogen) atoms. The van der Waals surface area contributed by atoms with Crippen LogP contribution in [0.5, 0.6) is 0 Å². The normalized spacial score (nSPS) is 12.7. The summed E-state index contributed by atoms with van der Waals surface area (Å²) >= 11 is 1.64. The van der Waals surface area contributed by atoms with Gasteiger partial charge in [-0.25, -0.2) is 4.98 Å². The van der Waals surface area contributed by atoms with Crippen molar-refractivity contribution in [1.82, 2.24) is 10.3 Å². The number of hydrogen-bond donors (Lipinski definition) is 2. The highest BCUT2D eigenvalue weighted by Crippen LogP contribution is 2.07. The number of aromatic nitrogens is 1. The maximum atomic E-state index is 10.5. The summed E-state index contributed by atoms with van der Waals surface area (Å²) in [4.78, 5) is 14.8. The van der Waals surface area contributed by atoms with Crippen LogP contribution in [0, 0.1) is 12.8 Å². The summed E-state index contributed by atoms with van der Waals surface area (Å²) in [6.07, 6.45) is 0.858. The van der Waals surface area contributed by atoms with Gasteiger partial charge in [0.1, 0.15) is 0 Å². The molecule has 1 unspecified atom stereocenters. The summed E-state index contributed by atoms with van der Waals surface area (Å²) in [5.41, 5.74) is 1.08. The Balaban J connectivity index is 2.14. The van der Waals surface area contributed by atoms with Crippen molar-refractivity contribution in [2.75, 3.05) is 13.1 Å². The first-order valence-corrected chi connectivity index (χ1v) is 5.82. The molecular weight excluding hydrogens is 212 g/mol. The number of carboxylic acids is 1. The fourth-order valence-electron chi connectivity index (χ4n) is 1.15. The Kier molecular flexibility index (Phi) is 4.71. The Hall–Kier alpha value is -0.940. The van der Waals surface area contributed by atoms with Crippen LogP contribution in [0.3, 0.4) is 0 Å². The molecule has 1 aromatic heterocycles. The minimum absolute atomic E-state index is 0.331. The summed E-state index contributed by atoms with van der Waals surface area (Å²) in [6, 6.07) is 0. The minimum Gasteiger partial charge on any atom is -0.481 e. The van der Waals surface area contributed by atoms with Gasteiger partial charge >= 0.3 is 5.97 Å². The van der Waals surface area contributed by atoms with E-state index in [0.29, 0.717) is 6.54 Å². The summed E-state index contributed by atoms with van der Waals surface area (Å²) in [7, 11) is 0. The number of rotatable bonds is 6. The molecule has 0 aliphatic rings. The Morgan fingerprint density at radius 2 is 2.47 bits per heavy atom. The summed E-state index contributed by atoms with van der Waals surface area (Å²) in [5, 5.41) is 14.9. The molecule has 0 amide bonds. The lowest BCUT2D eigenvalue weighted by Crippen LogP contribution is -2.27. The van der Waals surface area contributed by atoms with Crippen molar-refractivity contribution >= 4 is 17.3 Å². The predicted molar refractivity (Wildman–Crippen MR) is 60.2 cm³/mol. The first kappa shape index (κ1) is 12.1. The van der Waals surface area contributed by atoms with Crippen molar-refractivity contribution < 1.29 is 9.90 Å². The standard InChI is InChI=1S/C10H16N2O2S/c1-7(10(13)14)5-11-4-3-9-6-15-8(2)12-9/h6-7,11H,3-5H2,1-2H3,(H,13,14). The van der Waals surface area contributed by atoms with Crippen LogP contribution in [0.1, 0.15) is 17.6 Å². The maximum absolute atomic E-state index is 10.5. The third kappa shape index (κ3) is 4.40. The Morgan fingerprint density at radius 1 is 1.73 bits per heavy atom. The number of nitrogens with one attached hydrogen (secondary N) is 1. The number of thiazole rings is 1. The zero-order chi connectivity index (χ0) is 11.3. The first-order valence-electron chi connectivity index (χ1n) is 4.94. The molecule has 2 N–H and O–H groups in total. The number of carboxylic acid groups (broad SMARTS) is 1. The smallest absolute Gasteiger partial charge is 0.307 e. The highest BCUT2D eigenvalue weighted by molar-refractivity contribution is 7.09. The zero-order valence-electron chi connectivity index (χ0n) is 8.99. The van der Waals surface area contributed by atoms with Crippen molar-refractivity contribution in [3.63, 3.8) is 0 Å². The molecule has 0 aliphatic heterocycles. The molecule has 4 nitrogen and oxygen atoms in total. The van der Waals surface area contributed by atoms with Crippen LogP contribution in [-0.4, -0.2) is 29.1 Å². The highest BCUT2D eigenvalue weighted by atomic mass is 32.1. The molecule has 0 bridgehead atoms. The van der Waals surface area contributed by atoms with Crippen molar-refractivity contribution in [2.45, 2.75) is 20.3 Å². The van der Waals surface area contributed by atoms with Gasteiger partial charge in [0.15, 0.2) is 0 Å². The second-order valence-corrected chi connectivity index (χ2v) is 4.61. The van der Waals surface area contributed by atoms with Crippen LogP contribution in [0.2, 0.25) is 0 Å². The van der Waals surface area contributed by atoms with Gasteiger partial charge < -0.3 is 10.4 Å². The van der Waals surface area contributed by atoms with E-state index in [-0.39, 0.29) is 5.92 Å². The summed E-state index contributed by atoms with van der Waals surface area (Å²) in [6.45, 7) is 4.97. The Bertz CT molecular complexity index is 325. The number of nitrogens with zero attached hydrogens (tertiary/aromatic N) is 1. The fraction of sp³-hybridized carbons (Fsp3) is 0.600. The second-order valence-electron chi connectivity index (χ2n) is 3.55. The highest BCUT2D eigenvalue weighted by Gasteiger charge is 2.09. The van der Waals surface area contributed by atoms with Gasteiger partial charge in [-0.2, -0.15) is 0 Å². The molecule has 1 heterocycles. The molecule has 0 spiro atoms. The molecule has 0 saturated heterocycles. The summed E-state index contributed by atoms with van der Waals surface area (Å²) in [5.74, 6) is -1.09. The Morgan fingerprint density at radius 3 is 3.00 bits per heavy atom. The third-order valence-electron chi connectivity index (χ3n) is 2.10. The molecule has 0 aromatic carbocycles. The lowest BCUT2D eigenvalue weighted by molar-refractivity contribution is -0.140. The van der Waals surface area contributed by atoms with Crippen molar-refractivity contribution in [3.8, 4) is 0 Å². The van der Waals surface area contributed by atoms with Crippen LogP contribution >= 0.6 is 11.3 Å². The maximum Gasteiger partial charge on any atom is 0.307 e. The summed E-state index contributed by atoms with van der Waals surface area (Å²) < 4.78 is 0. The molecular formula is C10H16N2O2S. The van der Waals surface area contributed by atoms with Crippen LogP contribution in [0.4, 0.5) is 0 Å². The van der Waals surface area contributed by atoms with E-state index < -0.39 is 5.97 Å². The van der Waals surface area contributed by atoms with Gasteiger partial charge in [0, 0.05) is 24.9 Å². The van der Waals surface area contributed by atoms with Gasteiger partial charge in [0.05, 0.1) is 16.6 Å². The van der Waals surface area contributed by atoms with E-state index in [1.54, 1.807) is 18.3 Å². The van der Waals surface area contributed by atoms with E-state index in [4.69, 9.17) is 5.11 Å². The molecule has 5 heteroatoms. The van der Waals surface area contributed by atoms with Crippen molar-refractivity contribution in [3.05, 3.63) is 16.1 Å². The SMILES string of the molecule is Cc1nc(CCNCC(C)C(=O)O)cs1. The van der Waals surface area contributed by atoms with E-state index in [1.807, 2.05) is 12.3 Å². The average Bonchev–Trinajstić information content (AvgIpc) is 2.58. The van der Waals surface area contributed by atoms with Gasteiger partial charge in [-0.1, -0.05) is 6.92 Å². The van der Waals surface area contributed by atoms with Gasteiger partial charge in [-0.05, 0) is 6.92 Å². The molecule has 0 fully saturated rings. The number of aryl methyl sites for hydroxylation is 1. The van der Waals surface area contributed by atoms with Crippen LogP contribution < -0.4 is 5.32 Å². The largest absolute Gasteiger partial charge is 0.481 e. The zero-order valence-corrected chi connectivity index (χ0v) is 9.80. The van der Waals surface area contributed by atoms with Gasteiger partial charge in [0.2, 0.25) is 0 Å². The fourth-order valence-corrected chi connectivity index (χ4v) is 1.79. The molecule has 0 saturated carbocycles. The molecule has 0 aliphatic carbocycles. The van der Waals surface area contributed by atoms with Crippen LogP contribution in [0.25, 0.3) is 0 Å². The van der Waals surface area contributed by atoms with Gasteiger partial charge in [-0.15, -0.1) is 11.3 Å². The average molecular weight is 228 g/mol. The lowest BCUT2D eigenvalue weighted by Gasteiger charge is -2.06. The van der Waals surface area contributed by atoms with E-state index in [1.165, 1.54) is 0 Å². The molecule has 1 aromatic rings. The molecule has 84 valence electrons. The van der Waals surface area contributed by atoms with Gasteiger partial charge in [-0.3, -0.25) is 4.79 Å². The molecule has 1 rings (SSSR count). The van der Waals surface area contributed by atoms with Gasteiger partial charge in [0.25, 0.3) is 0 Å². The van der Waals surface area contributed by atoms with E-state index in [0.717, 1.165) is 23.7 Å². The van der Waals surface area contributed by atoms with E-state index in [2.05, 4.69) is 10.3 Å². The quantitative estimate of drug-likeness (QED) is 0.721. The second kappa shape index (κ2) is 5.82. The molecule has 0 radical (unpaired) electrons. The minimum atomic E-state index is -0.757. The van der Waals surface area contributed by atoms with Crippen molar-refractivity contribution in [1.29, 1.82) is 0 Å². The number of carbonyl (C=O) groups is 1. The number of aliphatic carboxylic acids is 1. The van der Waals surface area contributed by atoms with E-state index in [9.17, 15) is 4.79 Å². The van der Waals surface area contributed by atoms with Crippen LogP contribution in [0.15, 0.2) is 5.38 Å². The number of hydrogen-bond acceptors (Lipinski definition) is 4. The topological polar surface area (TPSA) is 62.2 Å². The predicted octanol–water partition coefficient (Wildman–Crippen LogP) is 1.30. The van der Waals surface area contributed by atoms with E-state index >= 15 is 0 Å². The third-order valence-corrected chi connectivity index (χ3v) is 2.92. The van der Waals surface area contributed by atoms with Crippen LogP contribution in [-0.2, 0) is 11.2 Å². The molecule has 1 atom stereocenters. The first-order chi connectivity index (χ1) is 7.09. The lowest BCUT2D eigenvalue weighted by atomic mass is 10.2. The van der Waals surface area contributed by atoms with Crippen molar-refractivity contribution in [2.24, 2.45) is 5.92 Å². The monoisotopic (exact) mass is 228 g/mol. The Labute approximate surface area is 93.4 Å².